The van der Waals surface area contributed by atoms with Crippen molar-refractivity contribution in [2.45, 2.75) is 57.1 Å². The minimum atomic E-state index is -1.82. The Morgan fingerprint density at radius 2 is 1.66 bits per heavy atom. The van der Waals surface area contributed by atoms with Gasteiger partial charge in [0, 0.05) is 49.7 Å². The Labute approximate surface area is 191 Å². The van der Waals surface area contributed by atoms with Crippen LogP contribution in [0.25, 0.3) is 0 Å². The fraction of sp³-hybridized carbons (Fsp3) is 0.636. The van der Waals surface area contributed by atoms with E-state index >= 15 is 0 Å². The van der Waals surface area contributed by atoms with Crippen molar-refractivity contribution in [2.24, 2.45) is 5.92 Å². The van der Waals surface area contributed by atoms with Gasteiger partial charge >= 0.3 is 11.9 Å². The van der Waals surface area contributed by atoms with Crippen LogP contribution in [0.3, 0.4) is 0 Å². The second kappa shape index (κ2) is 12.0. The SMILES string of the molecule is O=C(C1CC=CCC1)N1CCC(N2CCC(Oc3nccs3)CC2)CC1.O=C(O)C(=O)O. The van der Waals surface area contributed by atoms with Crippen molar-refractivity contribution >= 4 is 29.2 Å². The lowest BCUT2D eigenvalue weighted by atomic mass is 9.91. The zero-order valence-corrected chi connectivity index (χ0v) is 18.9. The molecule has 1 unspecified atom stereocenters. The smallest absolute Gasteiger partial charge is 0.414 e. The molecule has 9 nitrogen and oxygen atoms in total. The molecule has 1 aromatic heterocycles. The summed E-state index contributed by atoms with van der Waals surface area (Å²) in [5, 5.41) is 17.5. The summed E-state index contributed by atoms with van der Waals surface area (Å²) < 4.78 is 5.97. The number of allylic oxidation sites excluding steroid dienone is 2. The Kier molecular flexibility index (Phi) is 9.04. The summed E-state index contributed by atoms with van der Waals surface area (Å²) in [6, 6.07) is 0.631. The summed E-state index contributed by atoms with van der Waals surface area (Å²) >= 11 is 1.57. The maximum atomic E-state index is 12.7. The highest BCUT2D eigenvalue weighted by atomic mass is 32.1. The van der Waals surface area contributed by atoms with Crippen LogP contribution in [-0.2, 0) is 14.4 Å². The van der Waals surface area contributed by atoms with E-state index in [1.165, 1.54) is 0 Å². The predicted octanol–water partition coefficient (Wildman–Crippen LogP) is 2.49. The summed E-state index contributed by atoms with van der Waals surface area (Å²) in [6.45, 7) is 4.06. The summed E-state index contributed by atoms with van der Waals surface area (Å²) in [5.74, 6) is -3.02. The fourth-order valence-electron chi connectivity index (χ4n) is 4.50. The number of thiazole rings is 1. The van der Waals surface area contributed by atoms with Gasteiger partial charge in [0.05, 0.1) is 0 Å². The molecule has 0 bridgehead atoms. The summed E-state index contributed by atoms with van der Waals surface area (Å²) in [5.41, 5.74) is 0. The van der Waals surface area contributed by atoms with Crippen molar-refractivity contribution in [2.75, 3.05) is 26.2 Å². The number of piperidine rings is 2. The van der Waals surface area contributed by atoms with Gasteiger partial charge in [-0.1, -0.05) is 23.5 Å². The largest absolute Gasteiger partial charge is 0.473 e. The molecule has 4 rings (SSSR count). The van der Waals surface area contributed by atoms with Crippen LogP contribution in [0.4, 0.5) is 0 Å². The Hall–Kier alpha value is -2.46. The Morgan fingerprint density at radius 1 is 0.969 bits per heavy atom. The molecule has 2 saturated heterocycles. The number of likely N-dealkylation sites (tertiary alicyclic amines) is 2. The molecule has 1 aliphatic carbocycles. The van der Waals surface area contributed by atoms with E-state index in [-0.39, 0.29) is 5.92 Å². The number of ether oxygens (including phenoxy) is 1. The van der Waals surface area contributed by atoms with Crippen LogP contribution >= 0.6 is 11.3 Å². The van der Waals surface area contributed by atoms with Gasteiger partial charge in [-0.15, -0.1) is 0 Å². The highest BCUT2D eigenvalue weighted by Crippen LogP contribution is 2.27. The van der Waals surface area contributed by atoms with Gasteiger partial charge in [-0.3, -0.25) is 9.69 Å². The number of rotatable bonds is 4. The first kappa shape index (κ1) is 24.2. The molecule has 1 amide bonds. The third kappa shape index (κ3) is 7.03. The van der Waals surface area contributed by atoms with E-state index < -0.39 is 11.9 Å². The van der Waals surface area contributed by atoms with Gasteiger partial charge in [0.2, 0.25) is 5.91 Å². The molecule has 0 spiro atoms. The minimum absolute atomic E-state index is 0.232. The molecular formula is C22H31N3O6S. The topological polar surface area (TPSA) is 120 Å². The maximum absolute atomic E-state index is 12.7. The molecule has 0 saturated carbocycles. The lowest BCUT2D eigenvalue weighted by Gasteiger charge is -2.42. The number of aliphatic carboxylic acids is 2. The van der Waals surface area contributed by atoms with E-state index in [1.54, 1.807) is 17.5 Å². The van der Waals surface area contributed by atoms with E-state index in [1.807, 2.05) is 5.38 Å². The van der Waals surface area contributed by atoms with Crippen LogP contribution < -0.4 is 4.74 Å². The molecule has 2 N–H and O–H groups in total. The second-order valence-electron chi connectivity index (χ2n) is 8.30. The third-order valence-electron chi connectivity index (χ3n) is 6.25. The Bertz CT molecular complexity index is 772. The quantitative estimate of drug-likeness (QED) is 0.514. The monoisotopic (exact) mass is 465 g/mol. The standard InChI is InChI=1S/C20H29N3O2S.C2H2O4/c24-19(16-4-2-1-3-5-16)23-11-6-17(7-12-23)22-13-8-18(9-14-22)25-20-21-10-15-26-20;3-1(4)2(5)6/h1-2,10,15-18H,3-9,11-14H2;(H,3,4)(H,5,6). The van der Waals surface area contributed by atoms with E-state index in [2.05, 4.69) is 26.9 Å². The van der Waals surface area contributed by atoms with Crippen molar-refractivity contribution in [3.05, 3.63) is 23.7 Å². The van der Waals surface area contributed by atoms with Crippen molar-refractivity contribution in [3.8, 4) is 5.19 Å². The molecule has 1 atom stereocenters. The zero-order valence-electron chi connectivity index (χ0n) is 18.1. The van der Waals surface area contributed by atoms with Gasteiger partial charge in [-0.05, 0) is 44.9 Å². The fourth-order valence-corrected chi connectivity index (χ4v) is 5.05. The molecule has 10 heteroatoms. The number of carbonyl (C=O) groups excluding carboxylic acids is 1. The summed E-state index contributed by atoms with van der Waals surface area (Å²) in [4.78, 5) is 39.9. The van der Waals surface area contributed by atoms with Crippen molar-refractivity contribution in [3.63, 3.8) is 0 Å². The molecule has 0 aromatic carbocycles. The van der Waals surface area contributed by atoms with Crippen molar-refractivity contribution < 1.29 is 29.3 Å². The summed E-state index contributed by atoms with van der Waals surface area (Å²) in [7, 11) is 0. The molecule has 0 radical (unpaired) electrons. The Balaban J connectivity index is 0.000000427. The second-order valence-corrected chi connectivity index (χ2v) is 9.16. The number of hydrogen-bond donors (Lipinski definition) is 2. The molecule has 32 heavy (non-hydrogen) atoms. The average molecular weight is 466 g/mol. The molecule has 2 fully saturated rings. The van der Waals surface area contributed by atoms with E-state index in [9.17, 15) is 4.79 Å². The first-order valence-electron chi connectivity index (χ1n) is 11.1. The van der Waals surface area contributed by atoms with Crippen molar-refractivity contribution in [1.82, 2.24) is 14.8 Å². The molecule has 3 aliphatic rings. The predicted molar refractivity (Wildman–Crippen MR) is 119 cm³/mol. The number of nitrogens with zero attached hydrogens (tertiary/aromatic N) is 3. The lowest BCUT2D eigenvalue weighted by molar-refractivity contribution is -0.159. The molecule has 3 heterocycles. The van der Waals surface area contributed by atoms with Gasteiger partial charge in [0.15, 0.2) is 0 Å². The minimum Gasteiger partial charge on any atom is -0.473 e. The molecule has 1 aromatic rings. The molecular weight excluding hydrogens is 434 g/mol. The van der Waals surface area contributed by atoms with Crippen LogP contribution in [0.1, 0.15) is 44.9 Å². The van der Waals surface area contributed by atoms with E-state index in [0.717, 1.165) is 76.3 Å². The highest BCUT2D eigenvalue weighted by Gasteiger charge is 2.32. The van der Waals surface area contributed by atoms with Gasteiger partial charge in [-0.2, -0.15) is 0 Å². The first-order valence-corrected chi connectivity index (χ1v) is 12.0. The van der Waals surface area contributed by atoms with Gasteiger partial charge in [-0.25, -0.2) is 14.6 Å². The molecule has 2 aliphatic heterocycles. The van der Waals surface area contributed by atoms with Gasteiger partial charge < -0.3 is 19.8 Å². The average Bonchev–Trinajstić information content (AvgIpc) is 3.33. The van der Waals surface area contributed by atoms with Crippen LogP contribution in [0, 0.1) is 5.92 Å². The van der Waals surface area contributed by atoms with Crippen LogP contribution in [-0.4, -0.2) is 81.2 Å². The Morgan fingerprint density at radius 3 is 2.19 bits per heavy atom. The highest BCUT2D eigenvalue weighted by molar-refractivity contribution is 7.11. The summed E-state index contributed by atoms with van der Waals surface area (Å²) in [6.07, 6.45) is 13.9. The van der Waals surface area contributed by atoms with E-state index in [4.69, 9.17) is 24.5 Å². The van der Waals surface area contributed by atoms with E-state index in [0.29, 0.717) is 18.1 Å². The van der Waals surface area contributed by atoms with Crippen LogP contribution in [0.2, 0.25) is 0 Å². The number of carboxylic acid groups (broad SMARTS) is 2. The zero-order chi connectivity index (χ0) is 22.9. The normalized spacial score (nSPS) is 22.6. The number of carbonyl (C=O) groups is 3. The number of amides is 1. The maximum Gasteiger partial charge on any atom is 0.414 e. The first-order chi connectivity index (χ1) is 15.4. The number of aromatic nitrogens is 1. The third-order valence-corrected chi connectivity index (χ3v) is 6.91. The number of hydrogen-bond acceptors (Lipinski definition) is 7. The number of carboxylic acids is 2. The van der Waals surface area contributed by atoms with Crippen LogP contribution in [0.15, 0.2) is 23.7 Å². The van der Waals surface area contributed by atoms with Crippen LogP contribution in [0.5, 0.6) is 5.19 Å². The van der Waals surface area contributed by atoms with Gasteiger partial charge in [0.25, 0.3) is 5.19 Å². The lowest BCUT2D eigenvalue weighted by Crippen LogP contribution is -2.51. The van der Waals surface area contributed by atoms with Crippen molar-refractivity contribution in [1.29, 1.82) is 0 Å². The molecule has 176 valence electrons. The van der Waals surface area contributed by atoms with Gasteiger partial charge in [0.1, 0.15) is 6.10 Å².